The third kappa shape index (κ3) is 4.00. The lowest BCUT2D eigenvalue weighted by Gasteiger charge is -2.24. The highest BCUT2D eigenvalue weighted by Gasteiger charge is 2.42. The molecule has 5 rings (SSSR count). The third-order valence-corrected chi connectivity index (χ3v) is 7.18. The molecule has 3 heterocycles. The second-order valence-electron chi connectivity index (χ2n) is 8.35. The van der Waals surface area contributed by atoms with Gasteiger partial charge >= 0.3 is 6.18 Å². The zero-order valence-electron chi connectivity index (χ0n) is 23.0. The van der Waals surface area contributed by atoms with Crippen LogP contribution < -0.4 is 15.9 Å². The van der Waals surface area contributed by atoms with Gasteiger partial charge in [-0.3, -0.25) is 0 Å². The molecule has 2 fully saturated rings. The summed E-state index contributed by atoms with van der Waals surface area (Å²) in [5, 5.41) is 15.2. The van der Waals surface area contributed by atoms with Gasteiger partial charge in [0.15, 0.2) is 0 Å². The number of aromatic amines is 1. The van der Waals surface area contributed by atoms with E-state index >= 15 is 0 Å². The number of hydrogen-bond acceptors (Lipinski definition) is 6. The summed E-state index contributed by atoms with van der Waals surface area (Å²) in [6, 6.07) is 4.32. The average Bonchev–Trinajstić information content (AvgIpc) is 3.48. The van der Waals surface area contributed by atoms with Gasteiger partial charge < -0.3 is 20.2 Å². The lowest BCUT2D eigenvalue weighted by molar-refractivity contribution is -0.137. The third-order valence-electron chi connectivity index (χ3n) is 6.08. The first-order chi connectivity index (χ1) is 18.1. The molecule has 0 spiro atoms. The lowest BCUT2D eigenvalue weighted by Crippen LogP contribution is -2.39. The molecule has 1 aliphatic carbocycles. The monoisotopic (exact) mass is 480 g/mol. The number of benzene rings is 1. The number of anilines is 1. The largest absolute Gasteiger partial charge is 0.419 e. The van der Waals surface area contributed by atoms with Gasteiger partial charge in [-0.25, -0.2) is 9.97 Å². The number of halogens is 3. The van der Waals surface area contributed by atoms with Crippen molar-refractivity contribution in [2.75, 3.05) is 25.0 Å². The Kier molecular flexibility index (Phi) is 3.64. The summed E-state index contributed by atoms with van der Waals surface area (Å²) >= 11 is 0. The van der Waals surface area contributed by atoms with Gasteiger partial charge in [0, 0.05) is 50.2 Å². The van der Waals surface area contributed by atoms with Gasteiger partial charge in [0.25, 0.3) is 0 Å². The molecule has 1 aromatic carbocycles. The molecule has 1 saturated carbocycles. The van der Waals surface area contributed by atoms with Crippen molar-refractivity contribution in [2.45, 2.75) is 31.1 Å². The summed E-state index contributed by atoms with van der Waals surface area (Å²) in [6.45, 7) is -6.46. The van der Waals surface area contributed by atoms with Crippen LogP contribution in [0.5, 0.6) is 0 Å². The number of fused-ring (bicyclic) bond motifs is 2. The Bertz CT molecular complexity index is 1530. The van der Waals surface area contributed by atoms with E-state index in [2.05, 4.69) is 25.6 Å². The number of H-pyrrole nitrogens is 1. The van der Waals surface area contributed by atoms with Gasteiger partial charge in [-0.2, -0.15) is 18.4 Å². The van der Waals surface area contributed by atoms with Crippen molar-refractivity contribution in [1.29, 1.82) is 5.26 Å². The molecule has 0 radical (unpaired) electrons. The van der Waals surface area contributed by atoms with E-state index in [-0.39, 0.29) is 28.5 Å². The summed E-state index contributed by atoms with van der Waals surface area (Å²) in [6.07, 6.45) is -1.29. The number of piperidine rings is 1. The Morgan fingerprint density at radius 3 is 2.85 bits per heavy atom. The van der Waals surface area contributed by atoms with Crippen LogP contribution in [0.4, 0.5) is 19.1 Å². The van der Waals surface area contributed by atoms with E-state index in [4.69, 9.17) is 8.22 Å². The van der Waals surface area contributed by atoms with Crippen LogP contribution >= 0.6 is 7.14 Å². The van der Waals surface area contributed by atoms with Gasteiger partial charge in [0.2, 0.25) is 5.95 Å². The summed E-state index contributed by atoms with van der Waals surface area (Å²) in [5.41, 5.74) is -2.68. The fourth-order valence-electron chi connectivity index (χ4n) is 4.45. The summed E-state index contributed by atoms with van der Waals surface area (Å²) in [7, 11) is -5.33. The lowest BCUT2D eigenvalue weighted by atomic mass is 10.0. The molecule has 7 nitrogen and oxygen atoms in total. The van der Waals surface area contributed by atoms with Crippen molar-refractivity contribution in [2.24, 2.45) is 5.92 Å². The van der Waals surface area contributed by atoms with Crippen LogP contribution in [0, 0.1) is 17.2 Å². The first kappa shape index (κ1) is 15.9. The van der Waals surface area contributed by atoms with Gasteiger partial charge in [0.1, 0.15) is 12.7 Å². The molecule has 2 aromatic heterocycles. The van der Waals surface area contributed by atoms with Crippen LogP contribution in [0.15, 0.2) is 24.5 Å². The Hall–Kier alpha value is -2.89. The highest BCUT2D eigenvalue weighted by Crippen LogP contribution is 2.43. The fraction of sp³-hybridized carbons (Fsp3) is 0.409. The van der Waals surface area contributed by atoms with Crippen molar-refractivity contribution in [3.63, 3.8) is 0 Å². The van der Waals surface area contributed by atoms with Gasteiger partial charge in [0.05, 0.1) is 28.1 Å². The zero-order chi connectivity index (χ0) is 28.5. The van der Waals surface area contributed by atoms with E-state index in [1.165, 1.54) is 6.07 Å². The molecular weight excluding hydrogens is 452 g/mol. The van der Waals surface area contributed by atoms with Crippen LogP contribution in [-0.4, -0.2) is 46.8 Å². The highest BCUT2D eigenvalue weighted by atomic mass is 31.2. The summed E-state index contributed by atoms with van der Waals surface area (Å²) in [4.78, 5) is 10.6. The summed E-state index contributed by atoms with van der Waals surface area (Å²) in [5.74, 6) is 0.432. The molecule has 1 aliphatic heterocycles. The average molecular weight is 480 g/mol. The van der Waals surface area contributed by atoms with Gasteiger partial charge in [-0.1, -0.05) is 6.07 Å². The molecule has 3 aromatic rings. The minimum atomic E-state index is -5.33. The first-order valence-corrected chi connectivity index (χ1v) is 11.9. The van der Waals surface area contributed by atoms with E-state index < -0.39 is 48.6 Å². The molecule has 0 unspecified atom stereocenters. The van der Waals surface area contributed by atoms with Crippen molar-refractivity contribution in [3.05, 3.63) is 35.7 Å². The zero-order valence-corrected chi connectivity index (χ0v) is 17.9. The second kappa shape index (κ2) is 7.57. The molecule has 0 bridgehead atoms. The maximum Gasteiger partial charge on any atom is 0.419 e. The number of hydrogen-bond donors (Lipinski definition) is 3. The predicted molar refractivity (Wildman–Crippen MR) is 120 cm³/mol. The molecule has 0 amide bonds. The Morgan fingerprint density at radius 2 is 2.15 bits per heavy atom. The van der Waals surface area contributed by atoms with Crippen LogP contribution in [0.25, 0.3) is 22.2 Å². The van der Waals surface area contributed by atoms with Gasteiger partial charge in [-0.15, -0.1) is 0 Å². The highest BCUT2D eigenvalue weighted by molar-refractivity contribution is 7.70. The number of rotatable bonds is 4. The Morgan fingerprint density at radius 1 is 1.33 bits per heavy atom. The van der Waals surface area contributed by atoms with Crippen LogP contribution in [-0.2, 0) is 10.7 Å². The van der Waals surface area contributed by atoms with E-state index in [9.17, 15) is 23.0 Å². The molecular formula is C22H22F3N6OP. The van der Waals surface area contributed by atoms with Crippen molar-refractivity contribution >= 4 is 29.3 Å². The normalized spacial score (nSPS) is 26.1. The van der Waals surface area contributed by atoms with Crippen molar-refractivity contribution in [3.8, 4) is 17.3 Å². The van der Waals surface area contributed by atoms with Crippen LogP contribution in [0.2, 0.25) is 0 Å². The molecule has 3 N–H and O–H groups in total. The smallest absolute Gasteiger partial charge is 0.360 e. The van der Waals surface area contributed by atoms with E-state index in [0.717, 1.165) is 25.1 Å². The van der Waals surface area contributed by atoms with E-state index in [1.54, 1.807) is 6.07 Å². The second-order valence-corrected chi connectivity index (χ2v) is 10.0. The molecule has 33 heavy (non-hydrogen) atoms. The number of nitrogens with zero attached hydrogens (tertiary/aromatic N) is 3. The molecule has 3 atom stereocenters. The van der Waals surface area contributed by atoms with Gasteiger partial charge in [-0.05, 0) is 38.0 Å². The minimum Gasteiger partial charge on any atom is -0.360 e. The topological polar surface area (TPSA) is 106 Å². The number of alkyl halides is 3. The quantitative estimate of drug-likeness (QED) is 0.489. The maximum atomic E-state index is 14.0. The predicted octanol–water partition coefficient (Wildman–Crippen LogP) is 3.93. The molecule has 11 heteroatoms. The van der Waals surface area contributed by atoms with E-state index in [1.807, 2.05) is 0 Å². The number of nitriles is 1. The Balaban J connectivity index is 1.70. The summed E-state index contributed by atoms with van der Waals surface area (Å²) < 4.78 is 103. The maximum absolute atomic E-state index is 14.0. The number of nitrogens with one attached hydrogen (secondary N) is 3. The minimum absolute atomic E-state index is 0.0530. The Labute approximate surface area is 196 Å². The molecule has 2 aliphatic rings. The SMILES string of the molecule is [2H]C([2H])([2H])P(=O)(c1c(C#N)ccc2c(-c3nc(N[C@@H]4CN[C@@H]5C[C@@H]5C4)ncc3C(F)(F)F)c[nH]c12)C([2H])([2H])[2H]. The van der Waals surface area contributed by atoms with Crippen molar-refractivity contribution < 1.29 is 26.0 Å². The fourth-order valence-corrected chi connectivity index (χ4v) is 5.42. The first-order valence-electron chi connectivity index (χ1n) is 13.2. The van der Waals surface area contributed by atoms with Crippen LogP contribution in [0.3, 0.4) is 0 Å². The van der Waals surface area contributed by atoms with E-state index in [0.29, 0.717) is 24.7 Å². The standard InChI is InChI=1S/C22H22F3N6OP/c1-33(2,32)20-11(7-26)3-4-14-15(9-28-19(14)20)18-16(22(23,24)25)10-29-21(31-18)30-13-5-12-6-17(12)27-8-13/h3-4,9-10,12-13,17,27-28H,5-6,8H2,1-2H3,(H,29,30,31)/t12-,13-,17+/m0/s1/i1D3,2D3. The molecule has 1 saturated heterocycles. The van der Waals surface area contributed by atoms with Crippen molar-refractivity contribution in [1.82, 2.24) is 20.3 Å². The van der Waals surface area contributed by atoms with Crippen LogP contribution in [0.1, 0.15) is 32.2 Å². The number of aromatic nitrogens is 3. The molecule has 172 valence electrons.